The number of carbonyl (C=O) groups excluding carboxylic acids is 2. The number of hydrogen-bond acceptors (Lipinski definition) is 4. The first-order valence-electron chi connectivity index (χ1n) is 4.87. The first-order chi connectivity index (χ1) is 7.86. The van der Waals surface area contributed by atoms with E-state index in [1.807, 2.05) is 0 Å². The third kappa shape index (κ3) is 4.38. The van der Waals surface area contributed by atoms with Crippen molar-refractivity contribution in [2.45, 2.75) is 12.8 Å². The standard InChI is InChI=1S/C12H11NO3/c14-8-2-1-3-9-16-12-6-4-11(5-7-12)13-10-15/h2,4-7H,1,3,9H2. The molecule has 0 amide bonds. The Balaban J connectivity index is 2.37. The van der Waals surface area contributed by atoms with Crippen LogP contribution in [-0.4, -0.2) is 18.6 Å². The van der Waals surface area contributed by atoms with E-state index in [0.29, 0.717) is 24.5 Å². The fourth-order valence-corrected chi connectivity index (χ4v) is 1.10. The van der Waals surface area contributed by atoms with Crippen LogP contribution in [0.15, 0.2) is 35.3 Å². The van der Waals surface area contributed by atoms with Crippen molar-refractivity contribution >= 4 is 17.7 Å². The number of benzene rings is 1. The van der Waals surface area contributed by atoms with Crippen LogP contribution >= 0.6 is 0 Å². The van der Waals surface area contributed by atoms with Crippen LogP contribution in [0.4, 0.5) is 5.69 Å². The van der Waals surface area contributed by atoms with E-state index in [2.05, 4.69) is 4.99 Å². The predicted molar refractivity (Wildman–Crippen MR) is 59.2 cm³/mol. The van der Waals surface area contributed by atoms with E-state index in [1.54, 1.807) is 30.2 Å². The van der Waals surface area contributed by atoms with Crippen LogP contribution < -0.4 is 4.74 Å². The van der Waals surface area contributed by atoms with Gasteiger partial charge in [-0.25, -0.2) is 9.59 Å². The van der Waals surface area contributed by atoms with Gasteiger partial charge in [-0.1, -0.05) is 0 Å². The molecule has 0 saturated heterocycles. The number of unbranched alkanes of at least 4 members (excludes halogenated alkanes) is 1. The van der Waals surface area contributed by atoms with Gasteiger partial charge in [0, 0.05) is 0 Å². The minimum Gasteiger partial charge on any atom is -0.494 e. The smallest absolute Gasteiger partial charge is 0.240 e. The summed E-state index contributed by atoms with van der Waals surface area (Å²) in [5, 5.41) is 0. The first kappa shape index (κ1) is 11.9. The maximum absolute atomic E-state index is 9.97. The van der Waals surface area contributed by atoms with Gasteiger partial charge >= 0.3 is 0 Å². The summed E-state index contributed by atoms with van der Waals surface area (Å²) in [7, 11) is 0. The van der Waals surface area contributed by atoms with Crippen LogP contribution in [-0.2, 0) is 9.59 Å². The molecule has 0 aliphatic rings. The topological polar surface area (TPSA) is 55.7 Å². The number of ether oxygens (including phenoxy) is 1. The zero-order valence-corrected chi connectivity index (χ0v) is 8.68. The summed E-state index contributed by atoms with van der Waals surface area (Å²) in [4.78, 5) is 23.3. The van der Waals surface area contributed by atoms with E-state index in [9.17, 15) is 9.59 Å². The maximum Gasteiger partial charge on any atom is 0.240 e. The second-order valence-electron chi connectivity index (χ2n) is 3.01. The Morgan fingerprint density at radius 2 is 2.00 bits per heavy atom. The lowest BCUT2D eigenvalue weighted by atomic mass is 10.3. The van der Waals surface area contributed by atoms with Crippen molar-refractivity contribution in [3.63, 3.8) is 0 Å². The molecule has 0 aliphatic carbocycles. The van der Waals surface area contributed by atoms with Gasteiger partial charge in [0.05, 0.1) is 12.3 Å². The Morgan fingerprint density at radius 1 is 1.25 bits per heavy atom. The highest BCUT2D eigenvalue weighted by Gasteiger charge is 1.93. The zero-order valence-electron chi connectivity index (χ0n) is 8.68. The minimum atomic E-state index is 0.536. The monoisotopic (exact) mass is 217 g/mol. The number of isocyanates is 1. The number of nitrogens with zero attached hydrogens (tertiary/aromatic N) is 1. The average molecular weight is 217 g/mol. The van der Waals surface area contributed by atoms with Gasteiger partial charge in [-0.15, -0.1) is 0 Å². The number of hydrogen-bond donors (Lipinski definition) is 0. The molecule has 0 unspecified atom stereocenters. The minimum absolute atomic E-state index is 0.536. The van der Waals surface area contributed by atoms with Crippen LogP contribution in [0.25, 0.3) is 0 Å². The fourth-order valence-electron chi connectivity index (χ4n) is 1.10. The first-order valence-corrected chi connectivity index (χ1v) is 4.87. The summed E-state index contributed by atoms with van der Waals surface area (Å²) >= 11 is 0. The van der Waals surface area contributed by atoms with Crippen molar-refractivity contribution < 1.29 is 14.3 Å². The van der Waals surface area contributed by atoms with Gasteiger partial charge in [-0.2, -0.15) is 4.99 Å². The molecule has 1 aromatic carbocycles. The molecule has 82 valence electrons. The van der Waals surface area contributed by atoms with E-state index in [4.69, 9.17) is 4.74 Å². The summed E-state index contributed by atoms with van der Waals surface area (Å²) < 4.78 is 5.40. The van der Waals surface area contributed by atoms with Crippen molar-refractivity contribution in [1.82, 2.24) is 0 Å². The molecule has 0 heterocycles. The summed E-state index contributed by atoms with van der Waals surface area (Å²) in [5.74, 6) is 2.42. The Morgan fingerprint density at radius 3 is 2.62 bits per heavy atom. The van der Waals surface area contributed by atoms with E-state index < -0.39 is 0 Å². The van der Waals surface area contributed by atoms with E-state index in [1.165, 1.54) is 12.2 Å². The Hall–Kier alpha value is -2.15. The molecule has 0 saturated carbocycles. The van der Waals surface area contributed by atoms with E-state index >= 15 is 0 Å². The van der Waals surface area contributed by atoms with Crippen LogP contribution in [0.5, 0.6) is 5.75 Å². The largest absolute Gasteiger partial charge is 0.494 e. The molecule has 0 aromatic heterocycles. The number of aliphatic imine (C=N–C) groups is 1. The Labute approximate surface area is 93.3 Å². The van der Waals surface area contributed by atoms with Gasteiger partial charge in [-0.05, 0) is 43.2 Å². The van der Waals surface area contributed by atoms with Crippen LogP contribution in [0.3, 0.4) is 0 Å². The van der Waals surface area contributed by atoms with Crippen molar-refractivity contribution in [2.75, 3.05) is 6.61 Å². The molecule has 0 atom stereocenters. The van der Waals surface area contributed by atoms with Crippen molar-refractivity contribution in [3.8, 4) is 5.75 Å². The molecule has 4 nitrogen and oxygen atoms in total. The molecular weight excluding hydrogens is 206 g/mol. The number of rotatable bonds is 6. The molecule has 16 heavy (non-hydrogen) atoms. The quantitative estimate of drug-likeness (QED) is 0.317. The van der Waals surface area contributed by atoms with Crippen molar-refractivity contribution in [2.24, 2.45) is 4.99 Å². The molecule has 4 heteroatoms. The van der Waals surface area contributed by atoms with Gasteiger partial charge in [0.1, 0.15) is 11.7 Å². The van der Waals surface area contributed by atoms with Gasteiger partial charge < -0.3 is 4.74 Å². The van der Waals surface area contributed by atoms with Crippen molar-refractivity contribution in [1.29, 1.82) is 0 Å². The van der Waals surface area contributed by atoms with Crippen LogP contribution in [0.1, 0.15) is 12.8 Å². The average Bonchev–Trinajstić information content (AvgIpc) is 2.31. The van der Waals surface area contributed by atoms with Gasteiger partial charge in [-0.3, -0.25) is 0 Å². The van der Waals surface area contributed by atoms with Crippen LogP contribution in [0.2, 0.25) is 0 Å². The highest BCUT2D eigenvalue weighted by atomic mass is 16.5. The molecule has 0 fully saturated rings. The van der Waals surface area contributed by atoms with Crippen LogP contribution in [0, 0.1) is 0 Å². The highest BCUT2D eigenvalue weighted by molar-refractivity contribution is 5.50. The normalized spacial score (nSPS) is 8.75. The van der Waals surface area contributed by atoms with E-state index in [-0.39, 0.29) is 0 Å². The highest BCUT2D eigenvalue weighted by Crippen LogP contribution is 2.17. The van der Waals surface area contributed by atoms with Gasteiger partial charge in [0.2, 0.25) is 6.08 Å². The fraction of sp³-hybridized carbons (Fsp3) is 0.250. The Bertz CT molecular complexity index is 412. The van der Waals surface area contributed by atoms with E-state index in [0.717, 1.165) is 6.42 Å². The summed E-state index contributed by atoms with van der Waals surface area (Å²) in [5.41, 5.74) is 0.547. The zero-order chi connectivity index (χ0) is 11.6. The number of allylic oxidation sites excluding steroid dienone is 1. The lowest BCUT2D eigenvalue weighted by molar-refractivity contribution is 0.312. The third-order valence-corrected chi connectivity index (χ3v) is 1.86. The summed E-state index contributed by atoms with van der Waals surface area (Å²) in [6.07, 6.45) is 4.33. The summed E-state index contributed by atoms with van der Waals surface area (Å²) in [6, 6.07) is 6.80. The molecule has 1 rings (SSSR count). The lowest BCUT2D eigenvalue weighted by Crippen LogP contribution is -1.95. The summed E-state index contributed by atoms with van der Waals surface area (Å²) in [6.45, 7) is 0.536. The predicted octanol–water partition coefficient (Wildman–Crippen LogP) is 2.20. The van der Waals surface area contributed by atoms with Crippen molar-refractivity contribution in [3.05, 3.63) is 30.3 Å². The maximum atomic E-state index is 9.97. The molecule has 1 aromatic rings. The molecule has 0 N–H and O–H groups in total. The second-order valence-corrected chi connectivity index (χ2v) is 3.01. The molecule has 0 aliphatic heterocycles. The third-order valence-electron chi connectivity index (χ3n) is 1.86. The Kier molecular flexibility index (Phi) is 5.35. The van der Waals surface area contributed by atoms with Gasteiger partial charge in [0.25, 0.3) is 0 Å². The van der Waals surface area contributed by atoms with Gasteiger partial charge in [0.15, 0.2) is 0 Å². The molecule has 0 radical (unpaired) electrons. The lowest BCUT2D eigenvalue weighted by Gasteiger charge is -2.04. The molecule has 0 spiro atoms. The molecule has 0 bridgehead atoms. The second kappa shape index (κ2) is 7.18. The SMILES string of the molecule is O=C=CCCCOc1ccc(N=C=O)cc1. The molecular formula is C12H11NO3.